The van der Waals surface area contributed by atoms with Crippen molar-refractivity contribution in [3.63, 3.8) is 0 Å². The molecule has 0 radical (unpaired) electrons. The second-order valence-corrected chi connectivity index (χ2v) is 8.32. The maximum atomic E-state index is 12.6. The Morgan fingerprint density at radius 3 is 2.34 bits per heavy atom. The lowest BCUT2D eigenvalue weighted by Crippen LogP contribution is -2.36. The zero-order chi connectivity index (χ0) is 19.6. The van der Waals surface area contributed by atoms with Gasteiger partial charge in [-0.05, 0) is 11.1 Å². The Kier molecular flexibility index (Phi) is 5.37. The van der Waals surface area contributed by atoms with Gasteiger partial charge in [0.2, 0.25) is 5.43 Å². The molecule has 4 heterocycles. The van der Waals surface area contributed by atoms with E-state index < -0.39 is 0 Å². The number of fused-ring (bicyclic) bond motifs is 1. The normalized spacial score (nSPS) is 18.4. The van der Waals surface area contributed by atoms with Crippen LogP contribution in [0.25, 0.3) is 21.4 Å². The molecule has 152 valence electrons. The van der Waals surface area contributed by atoms with E-state index >= 15 is 0 Å². The summed E-state index contributed by atoms with van der Waals surface area (Å²) in [7, 11) is 0. The van der Waals surface area contributed by atoms with Crippen molar-refractivity contribution in [3.8, 4) is 11.1 Å². The highest BCUT2D eigenvalue weighted by molar-refractivity contribution is 7.17. The van der Waals surface area contributed by atoms with Gasteiger partial charge in [0.25, 0.3) is 0 Å². The van der Waals surface area contributed by atoms with Crippen molar-refractivity contribution in [1.29, 1.82) is 0 Å². The predicted molar refractivity (Wildman–Crippen MR) is 115 cm³/mol. The smallest absolute Gasteiger partial charge is 0.204 e. The second-order valence-electron chi connectivity index (χ2n) is 7.44. The van der Waals surface area contributed by atoms with Gasteiger partial charge in [0.1, 0.15) is 4.70 Å². The summed E-state index contributed by atoms with van der Waals surface area (Å²) in [6.07, 6.45) is 0. The molecule has 2 aliphatic rings. The number of morpholine rings is 2. The topological polar surface area (TPSA) is 55.2 Å². The lowest BCUT2D eigenvalue weighted by atomic mass is 10.1. The van der Waals surface area contributed by atoms with E-state index in [4.69, 9.17) is 13.9 Å². The number of benzene rings is 1. The van der Waals surface area contributed by atoms with Crippen LogP contribution in [0.1, 0.15) is 5.56 Å². The first-order valence-electron chi connectivity index (χ1n) is 10.1. The largest absolute Gasteiger partial charge is 0.439 e. The van der Waals surface area contributed by atoms with Gasteiger partial charge in [-0.3, -0.25) is 9.69 Å². The first kappa shape index (κ1) is 18.8. The van der Waals surface area contributed by atoms with Crippen molar-refractivity contribution in [2.75, 3.05) is 57.5 Å². The first-order valence-corrected chi connectivity index (χ1v) is 10.9. The molecule has 7 heteroatoms. The summed E-state index contributed by atoms with van der Waals surface area (Å²) in [6.45, 7) is 7.30. The molecule has 0 saturated carbocycles. The van der Waals surface area contributed by atoms with Gasteiger partial charge in [0, 0.05) is 49.7 Å². The van der Waals surface area contributed by atoms with Crippen LogP contribution in [-0.4, -0.2) is 57.5 Å². The van der Waals surface area contributed by atoms with Gasteiger partial charge in [-0.15, -0.1) is 11.3 Å². The predicted octanol–water partition coefficient (Wildman–Crippen LogP) is 3.19. The molecule has 0 atom stereocenters. The van der Waals surface area contributed by atoms with Crippen LogP contribution < -0.4 is 10.3 Å². The zero-order valence-corrected chi connectivity index (χ0v) is 17.1. The van der Waals surface area contributed by atoms with E-state index in [0.717, 1.165) is 57.1 Å². The highest BCUT2D eigenvalue weighted by Gasteiger charge is 2.19. The minimum atomic E-state index is 0.0212. The van der Waals surface area contributed by atoms with Crippen LogP contribution in [0.2, 0.25) is 0 Å². The summed E-state index contributed by atoms with van der Waals surface area (Å²) in [5.41, 5.74) is 4.04. The molecule has 2 saturated heterocycles. The molecule has 0 spiro atoms. The standard InChI is InChI=1S/C22H24N2O4S/c25-19-13-20(24-7-11-27-12-8-24)28-21-18(15-29-22(19)21)17-3-1-16(2-4-17)14-23-5-9-26-10-6-23/h1-4,13,15H,5-12,14H2. The third kappa shape index (κ3) is 3.96. The molecule has 2 aromatic heterocycles. The van der Waals surface area contributed by atoms with Crippen molar-refractivity contribution < 1.29 is 13.9 Å². The average molecular weight is 413 g/mol. The fourth-order valence-electron chi connectivity index (χ4n) is 3.88. The second kappa shape index (κ2) is 8.28. The molecule has 1 aromatic carbocycles. The van der Waals surface area contributed by atoms with E-state index in [9.17, 15) is 4.79 Å². The molecule has 29 heavy (non-hydrogen) atoms. The van der Waals surface area contributed by atoms with Gasteiger partial charge >= 0.3 is 0 Å². The van der Waals surface area contributed by atoms with Crippen LogP contribution in [-0.2, 0) is 16.0 Å². The van der Waals surface area contributed by atoms with Gasteiger partial charge in [-0.25, -0.2) is 0 Å². The summed E-state index contributed by atoms with van der Waals surface area (Å²) in [5.74, 6) is 0.634. The lowest BCUT2D eigenvalue weighted by molar-refractivity contribution is 0.0342. The molecule has 3 aromatic rings. The molecular formula is C22H24N2O4S. The van der Waals surface area contributed by atoms with Gasteiger partial charge in [-0.2, -0.15) is 0 Å². The van der Waals surface area contributed by atoms with Crippen molar-refractivity contribution in [2.24, 2.45) is 0 Å². The van der Waals surface area contributed by atoms with Gasteiger partial charge < -0.3 is 18.8 Å². The summed E-state index contributed by atoms with van der Waals surface area (Å²) in [6, 6.07) is 10.2. The molecule has 0 unspecified atom stereocenters. The quantitative estimate of drug-likeness (QED) is 0.656. The van der Waals surface area contributed by atoms with Gasteiger partial charge in [0.15, 0.2) is 11.5 Å². The minimum absolute atomic E-state index is 0.0212. The summed E-state index contributed by atoms with van der Waals surface area (Å²) in [4.78, 5) is 17.1. The van der Waals surface area contributed by atoms with E-state index in [1.807, 2.05) is 5.38 Å². The third-order valence-electron chi connectivity index (χ3n) is 5.53. The first-order chi connectivity index (χ1) is 14.3. The van der Waals surface area contributed by atoms with Crippen LogP contribution in [0, 0.1) is 0 Å². The zero-order valence-electron chi connectivity index (χ0n) is 16.3. The number of nitrogens with zero attached hydrogens (tertiary/aromatic N) is 2. The van der Waals surface area contributed by atoms with Crippen molar-refractivity contribution in [1.82, 2.24) is 4.90 Å². The Bertz CT molecular complexity index is 1030. The monoisotopic (exact) mass is 412 g/mol. The summed E-state index contributed by atoms with van der Waals surface area (Å²) in [5, 5.41) is 2.02. The fraction of sp³-hybridized carbons (Fsp3) is 0.409. The number of hydrogen-bond acceptors (Lipinski definition) is 7. The fourth-order valence-corrected chi connectivity index (χ4v) is 4.79. The van der Waals surface area contributed by atoms with E-state index in [2.05, 4.69) is 34.1 Å². The SMILES string of the molecule is O=c1cc(N2CCOCC2)oc2c(-c3ccc(CN4CCOCC4)cc3)csc12. The van der Waals surface area contributed by atoms with Crippen LogP contribution in [0.15, 0.2) is 44.9 Å². The van der Waals surface area contributed by atoms with Crippen molar-refractivity contribution >= 4 is 27.5 Å². The Morgan fingerprint density at radius 1 is 0.931 bits per heavy atom. The van der Waals surface area contributed by atoms with E-state index in [0.29, 0.717) is 29.4 Å². The molecule has 0 N–H and O–H groups in total. The maximum absolute atomic E-state index is 12.6. The molecule has 2 fully saturated rings. The molecule has 6 nitrogen and oxygen atoms in total. The molecule has 0 bridgehead atoms. The maximum Gasteiger partial charge on any atom is 0.204 e. The Balaban J connectivity index is 1.43. The van der Waals surface area contributed by atoms with Crippen LogP contribution in [0.4, 0.5) is 5.88 Å². The number of rotatable bonds is 4. The average Bonchev–Trinajstić information content (AvgIpc) is 3.20. The molecule has 2 aliphatic heterocycles. The number of hydrogen-bond donors (Lipinski definition) is 0. The van der Waals surface area contributed by atoms with Crippen LogP contribution in [0.3, 0.4) is 0 Å². The van der Waals surface area contributed by atoms with E-state index in [1.165, 1.54) is 16.9 Å². The van der Waals surface area contributed by atoms with Crippen molar-refractivity contribution in [2.45, 2.75) is 6.54 Å². The molecular weight excluding hydrogens is 388 g/mol. The van der Waals surface area contributed by atoms with E-state index in [1.54, 1.807) is 6.07 Å². The highest BCUT2D eigenvalue weighted by atomic mass is 32.1. The Hall–Kier alpha value is -2.19. The van der Waals surface area contributed by atoms with Gasteiger partial charge in [-0.1, -0.05) is 24.3 Å². The number of thiophene rings is 1. The van der Waals surface area contributed by atoms with Crippen molar-refractivity contribution in [3.05, 3.63) is 51.5 Å². The van der Waals surface area contributed by atoms with E-state index in [-0.39, 0.29) is 5.43 Å². The molecule has 0 amide bonds. The van der Waals surface area contributed by atoms with Crippen LogP contribution >= 0.6 is 11.3 Å². The minimum Gasteiger partial charge on any atom is -0.439 e. The highest BCUT2D eigenvalue weighted by Crippen LogP contribution is 2.34. The summed E-state index contributed by atoms with van der Waals surface area (Å²) >= 11 is 1.45. The Morgan fingerprint density at radius 2 is 1.62 bits per heavy atom. The Labute approximate surface area is 173 Å². The molecule has 5 rings (SSSR count). The van der Waals surface area contributed by atoms with Gasteiger partial charge in [0.05, 0.1) is 26.4 Å². The lowest BCUT2D eigenvalue weighted by Gasteiger charge is -2.27. The number of ether oxygens (including phenoxy) is 2. The number of anilines is 1. The summed E-state index contributed by atoms with van der Waals surface area (Å²) < 4.78 is 17.7. The van der Waals surface area contributed by atoms with Crippen LogP contribution in [0.5, 0.6) is 0 Å². The third-order valence-corrected chi connectivity index (χ3v) is 6.50. The molecule has 0 aliphatic carbocycles.